The van der Waals surface area contributed by atoms with Crippen LogP contribution in [0, 0.1) is 0 Å². The van der Waals surface area contributed by atoms with E-state index in [9.17, 15) is 19.0 Å². The van der Waals surface area contributed by atoms with Crippen molar-refractivity contribution in [3.8, 4) is 0 Å². The van der Waals surface area contributed by atoms with Gasteiger partial charge < -0.3 is 20.1 Å². The Morgan fingerprint density at radius 2 is 0.671 bits per heavy atom. The summed E-state index contributed by atoms with van der Waals surface area (Å²) >= 11 is 0. The Morgan fingerprint density at radius 3 is 1.00 bits per heavy atom. The number of phosphoric acid groups is 1. The quantitative estimate of drug-likeness (QED) is 0.0264. The number of esters is 2. The average molecular weight is 1050 g/mol. The first-order chi connectivity index (χ1) is 35.8. The second kappa shape index (κ2) is 60.0. The number of unbranched alkanes of at least 4 members (excludes halogenated alkanes) is 47. The zero-order valence-electron chi connectivity index (χ0n) is 48.7. The molecule has 3 N–H and O–H groups in total. The molecule has 0 aromatic heterocycles. The Kier molecular flexibility index (Phi) is 59.0. The predicted molar refractivity (Wildman–Crippen MR) is 312 cm³/mol. The first-order valence-corrected chi connectivity index (χ1v) is 33.7. The molecule has 2 unspecified atom stereocenters. The standard InChI is InChI=1S/C63H124NO8P/c1-3-5-7-9-11-13-15-17-18-19-20-21-22-23-24-25-26-27-28-29-30-31-32-33-34-35-36-37-38-39-40-41-42-43-44-46-47-49-51-53-55-62(65)69-59-61(60-71-73(67,68)70-58-57-64)72-63(66)56-54-52-50-48-45-16-14-12-10-8-6-4-2/h12,14,61H,3-11,13,15-60,64H2,1-2H3,(H,67,68)/b14-12-. The molecule has 0 heterocycles. The number of rotatable bonds is 62. The summed E-state index contributed by atoms with van der Waals surface area (Å²) in [5.41, 5.74) is 5.37. The molecule has 0 rings (SSSR count). The maximum atomic E-state index is 12.6. The molecule has 2 atom stereocenters. The molecule has 434 valence electrons. The van der Waals surface area contributed by atoms with E-state index in [2.05, 4.69) is 26.0 Å². The number of hydrogen-bond acceptors (Lipinski definition) is 8. The second-order valence-corrected chi connectivity index (χ2v) is 23.4. The van der Waals surface area contributed by atoms with E-state index in [0.29, 0.717) is 6.42 Å². The Hall–Kier alpha value is -1.25. The topological polar surface area (TPSA) is 134 Å². The number of ether oxygens (including phenoxy) is 2. The second-order valence-electron chi connectivity index (χ2n) is 22.0. The zero-order valence-corrected chi connectivity index (χ0v) is 49.6. The monoisotopic (exact) mass is 1050 g/mol. The van der Waals surface area contributed by atoms with Crippen LogP contribution in [0.1, 0.15) is 348 Å². The zero-order chi connectivity index (χ0) is 53.1. The van der Waals surface area contributed by atoms with Crippen molar-refractivity contribution in [2.45, 2.75) is 354 Å². The molecule has 0 amide bonds. The minimum atomic E-state index is -4.38. The molecule has 10 heteroatoms. The first-order valence-electron chi connectivity index (χ1n) is 32.2. The fourth-order valence-electron chi connectivity index (χ4n) is 9.87. The lowest BCUT2D eigenvalue weighted by Crippen LogP contribution is -2.29. The number of nitrogens with two attached hydrogens (primary N) is 1. The van der Waals surface area contributed by atoms with Gasteiger partial charge in [0.05, 0.1) is 13.2 Å². The van der Waals surface area contributed by atoms with E-state index in [4.69, 9.17) is 24.3 Å². The van der Waals surface area contributed by atoms with Crippen LogP contribution in [0.2, 0.25) is 0 Å². The normalized spacial score (nSPS) is 13.0. The van der Waals surface area contributed by atoms with Crippen LogP contribution in [-0.4, -0.2) is 49.3 Å². The summed E-state index contributed by atoms with van der Waals surface area (Å²) in [5, 5.41) is 0. The lowest BCUT2D eigenvalue weighted by Gasteiger charge is -2.19. The van der Waals surface area contributed by atoms with Gasteiger partial charge in [0, 0.05) is 19.4 Å². The van der Waals surface area contributed by atoms with Crippen LogP contribution in [0.5, 0.6) is 0 Å². The number of carbonyl (C=O) groups is 2. The van der Waals surface area contributed by atoms with E-state index in [0.717, 1.165) is 57.8 Å². The number of phosphoric ester groups is 1. The van der Waals surface area contributed by atoms with Gasteiger partial charge in [0.25, 0.3) is 0 Å². The van der Waals surface area contributed by atoms with Gasteiger partial charge in [0.1, 0.15) is 6.61 Å². The molecule has 0 saturated heterocycles. The molecule has 0 aromatic carbocycles. The van der Waals surface area contributed by atoms with Crippen molar-refractivity contribution >= 4 is 19.8 Å². The summed E-state index contributed by atoms with van der Waals surface area (Å²) in [7, 11) is -4.38. The minimum absolute atomic E-state index is 0.0551. The Bertz CT molecular complexity index is 1200. The lowest BCUT2D eigenvalue weighted by atomic mass is 10.0. The third-order valence-corrected chi connectivity index (χ3v) is 15.6. The lowest BCUT2D eigenvalue weighted by molar-refractivity contribution is -0.161. The summed E-state index contributed by atoms with van der Waals surface area (Å²) < 4.78 is 32.9. The summed E-state index contributed by atoms with van der Waals surface area (Å²) in [6.07, 6.45) is 70.6. The third-order valence-electron chi connectivity index (χ3n) is 14.7. The maximum absolute atomic E-state index is 12.6. The van der Waals surface area contributed by atoms with Gasteiger partial charge in [-0.15, -0.1) is 0 Å². The van der Waals surface area contributed by atoms with Crippen LogP contribution in [0.3, 0.4) is 0 Å². The molecule has 0 aliphatic carbocycles. The van der Waals surface area contributed by atoms with Crippen LogP contribution in [-0.2, 0) is 32.7 Å². The van der Waals surface area contributed by atoms with Crippen molar-refractivity contribution in [1.82, 2.24) is 0 Å². The van der Waals surface area contributed by atoms with Gasteiger partial charge in [-0.05, 0) is 38.5 Å². The van der Waals surface area contributed by atoms with Crippen LogP contribution in [0.4, 0.5) is 0 Å². The molecule has 73 heavy (non-hydrogen) atoms. The van der Waals surface area contributed by atoms with Gasteiger partial charge in [-0.2, -0.15) is 0 Å². The van der Waals surface area contributed by atoms with Crippen molar-refractivity contribution in [2.75, 3.05) is 26.4 Å². The van der Waals surface area contributed by atoms with Gasteiger partial charge in [0.2, 0.25) is 0 Å². The molecule has 9 nitrogen and oxygen atoms in total. The fraction of sp³-hybridized carbons (Fsp3) is 0.937. The van der Waals surface area contributed by atoms with Crippen molar-refractivity contribution in [3.05, 3.63) is 12.2 Å². The van der Waals surface area contributed by atoms with Gasteiger partial charge in [-0.3, -0.25) is 18.6 Å². The molecule has 0 bridgehead atoms. The van der Waals surface area contributed by atoms with Crippen molar-refractivity contribution in [1.29, 1.82) is 0 Å². The van der Waals surface area contributed by atoms with E-state index in [-0.39, 0.29) is 38.6 Å². The van der Waals surface area contributed by atoms with E-state index >= 15 is 0 Å². The number of hydrogen-bond donors (Lipinski definition) is 2. The Balaban J connectivity index is 3.64. The summed E-state index contributed by atoms with van der Waals surface area (Å²) in [5.74, 6) is -0.822. The van der Waals surface area contributed by atoms with Crippen molar-refractivity contribution in [3.63, 3.8) is 0 Å². The highest BCUT2D eigenvalue weighted by molar-refractivity contribution is 7.47. The maximum Gasteiger partial charge on any atom is 0.472 e. The number of carbonyl (C=O) groups excluding carboxylic acids is 2. The molecule has 0 aliphatic rings. The number of allylic oxidation sites excluding steroid dienone is 2. The van der Waals surface area contributed by atoms with Crippen LogP contribution in [0.25, 0.3) is 0 Å². The smallest absolute Gasteiger partial charge is 0.462 e. The largest absolute Gasteiger partial charge is 0.472 e. The SMILES string of the molecule is CCCCC/C=C\CCCCCCCC(=O)OC(COC(=O)CCCCCCCCCCCCCCCCCCCCCCCCCCCCCCCCCCCCCCCCCC)COP(=O)(O)OCCN. The molecule has 0 aliphatic heterocycles. The van der Waals surface area contributed by atoms with Gasteiger partial charge in [-0.1, -0.05) is 309 Å². The minimum Gasteiger partial charge on any atom is -0.462 e. The highest BCUT2D eigenvalue weighted by atomic mass is 31.2. The molecule has 0 aromatic rings. The van der Waals surface area contributed by atoms with Crippen LogP contribution in [0.15, 0.2) is 12.2 Å². The van der Waals surface area contributed by atoms with E-state index in [1.54, 1.807) is 0 Å². The summed E-state index contributed by atoms with van der Waals surface area (Å²) in [6, 6.07) is 0. The van der Waals surface area contributed by atoms with E-state index in [1.807, 2.05) is 0 Å². The third kappa shape index (κ3) is 59.8. The van der Waals surface area contributed by atoms with E-state index < -0.39 is 26.5 Å². The first kappa shape index (κ1) is 71.8. The fourth-order valence-corrected chi connectivity index (χ4v) is 10.6. The van der Waals surface area contributed by atoms with Crippen LogP contribution >= 0.6 is 7.82 Å². The van der Waals surface area contributed by atoms with Crippen molar-refractivity contribution in [2.24, 2.45) is 5.73 Å². The highest BCUT2D eigenvalue weighted by Crippen LogP contribution is 2.43. The molecule has 0 fully saturated rings. The van der Waals surface area contributed by atoms with E-state index in [1.165, 1.54) is 257 Å². The highest BCUT2D eigenvalue weighted by Gasteiger charge is 2.26. The van der Waals surface area contributed by atoms with Gasteiger partial charge in [0.15, 0.2) is 6.10 Å². The summed E-state index contributed by atoms with van der Waals surface area (Å²) in [6.45, 7) is 3.76. The predicted octanol–water partition coefficient (Wildman–Crippen LogP) is 20.4. The molecule has 0 saturated carbocycles. The average Bonchev–Trinajstić information content (AvgIpc) is 3.38. The Morgan fingerprint density at radius 1 is 0.397 bits per heavy atom. The molecule has 0 spiro atoms. The molecule has 0 radical (unpaired) electrons. The van der Waals surface area contributed by atoms with Crippen molar-refractivity contribution < 1.29 is 37.6 Å². The van der Waals surface area contributed by atoms with Gasteiger partial charge >= 0.3 is 19.8 Å². The summed E-state index contributed by atoms with van der Waals surface area (Å²) in [4.78, 5) is 35.1. The molecular weight excluding hydrogens is 930 g/mol. The van der Waals surface area contributed by atoms with Gasteiger partial charge in [-0.25, -0.2) is 4.57 Å². The Labute approximate surface area is 453 Å². The molecular formula is C63H124NO8P. The van der Waals surface area contributed by atoms with Crippen LogP contribution < -0.4 is 5.73 Å².